The topological polar surface area (TPSA) is 35.9 Å². The predicted octanol–water partition coefficient (Wildman–Crippen LogP) is 5.20. The lowest BCUT2D eigenvalue weighted by Gasteiger charge is -2.34. The largest absolute Gasteiger partial charge is 0.292 e. The van der Waals surface area contributed by atoms with E-state index in [-0.39, 0.29) is 11.9 Å². The number of halogens is 1. The summed E-state index contributed by atoms with van der Waals surface area (Å²) in [6, 6.07) is 16.5. The second kappa shape index (κ2) is 8.68. The molecule has 0 N–H and O–H groups in total. The summed E-state index contributed by atoms with van der Waals surface area (Å²) in [7, 11) is 0. The first kappa shape index (κ1) is 20.1. The second-order valence-corrected chi connectivity index (χ2v) is 8.68. The summed E-state index contributed by atoms with van der Waals surface area (Å²) >= 11 is 6.09. The Morgan fingerprint density at radius 2 is 1.97 bits per heavy atom. The highest BCUT2D eigenvalue weighted by Crippen LogP contribution is 2.34. The Kier molecular flexibility index (Phi) is 6.02. The van der Waals surface area contributed by atoms with E-state index < -0.39 is 0 Å². The first-order chi connectivity index (χ1) is 14.0. The highest BCUT2D eigenvalue weighted by atomic mass is 35.5. The average Bonchev–Trinajstić information content (AvgIpc) is 3.16. The van der Waals surface area contributed by atoms with Crippen molar-refractivity contribution < 1.29 is 4.79 Å². The number of hydrogen-bond donors (Lipinski definition) is 0. The minimum absolute atomic E-state index is 0.0707. The molecule has 2 aliphatic heterocycles. The fourth-order valence-corrected chi connectivity index (χ4v) is 4.45. The first-order valence-electron chi connectivity index (χ1n) is 10.5. The fourth-order valence-electron chi connectivity index (χ4n) is 4.32. The van der Waals surface area contributed by atoms with E-state index in [0.717, 1.165) is 36.2 Å². The Balaban J connectivity index is 1.61. The molecule has 1 saturated heterocycles. The number of hydrogen-bond acceptors (Lipinski definition) is 3. The molecule has 0 aromatic heterocycles. The number of carbonyl (C=O) groups excluding carboxylic acids is 1. The molecule has 152 valence electrons. The number of rotatable bonds is 4. The third-order valence-electron chi connectivity index (χ3n) is 6.05. The Hall–Kier alpha value is -2.17. The van der Waals surface area contributed by atoms with Gasteiger partial charge in [0.05, 0.1) is 18.3 Å². The van der Waals surface area contributed by atoms with Crippen LogP contribution in [0.15, 0.2) is 53.6 Å². The van der Waals surface area contributed by atoms with Crippen LogP contribution in [-0.4, -0.2) is 40.7 Å². The molecule has 0 spiro atoms. The Bertz CT molecular complexity index is 909. The van der Waals surface area contributed by atoms with Crippen molar-refractivity contribution in [3.8, 4) is 0 Å². The molecule has 0 unspecified atom stereocenters. The first-order valence-corrected chi connectivity index (χ1v) is 10.8. The van der Waals surface area contributed by atoms with E-state index in [1.165, 1.54) is 12.0 Å². The van der Waals surface area contributed by atoms with Gasteiger partial charge >= 0.3 is 0 Å². The summed E-state index contributed by atoms with van der Waals surface area (Å²) in [5.41, 5.74) is 4.32. The van der Waals surface area contributed by atoms with Crippen molar-refractivity contribution in [2.45, 2.75) is 51.6 Å². The Labute approximate surface area is 178 Å². The van der Waals surface area contributed by atoms with Gasteiger partial charge in [0.1, 0.15) is 0 Å². The summed E-state index contributed by atoms with van der Waals surface area (Å²) in [5, 5.41) is 7.22. The number of amides is 1. The molecular weight excluding hydrogens is 382 g/mol. The number of aryl methyl sites for hydroxylation is 1. The monoisotopic (exact) mass is 409 g/mol. The van der Waals surface area contributed by atoms with E-state index in [9.17, 15) is 4.79 Å². The molecule has 2 aliphatic rings. The van der Waals surface area contributed by atoms with Gasteiger partial charge < -0.3 is 0 Å². The summed E-state index contributed by atoms with van der Waals surface area (Å²) in [6.07, 6.45) is 4.28. The van der Waals surface area contributed by atoms with Crippen LogP contribution < -0.4 is 0 Å². The third kappa shape index (κ3) is 4.54. The lowest BCUT2D eigenvalue weighted by Crippen LogP contribution is -2.44. The highest BCUT2D eigenvalue weighted by Gasteiger charge is 2.34. The van der Waals surface area contributed by atoms with Crippen LogP contribution >= 0.6 is 11.6 Å². The van der Waals surface area contributed by atoms with E-state index in [0.29, 0.717) is 24.0 Å². The molecule has 2 aromatic rings. The van der Waals surface area contributed by atoms with Crippen LogP contribution in [0.2, 0.25) is 5.02 Å². The standard InChI is InChI=1S/C24H28ClN3O/c1-17-6-5-8-20(14-17)22-15-23(19-9-11-21(25)12-10-19)28(26-22)24(29)16-27-13-4-3-7-18(27)2/h5-6,8-12,14,18,23H,3-4,7,13,15-16H2,1-2H3/t18-,23-/m0/s1. The van der Waals surface area contributed by atoms with Crippen LogP contribution in [-0.2, 0) is 4.79 Å². The molecule has 5 heteroatoms. The molecule has 0 saturated carbocycles. The maximum absolute atomic E-state index is 13.3. The molecule has 4 rings (SSSR count). The predicted molar refractivity (Wildman–Crippen MR) is 118 cm³/mol. The van der Waals surface area contributed by atoms with Crippen molar-refractivity contribution in [3.63, 3.8) is 0 Å². The van der Waals surface area contributed by atoms with E-state index in [1.807, 2.05) is 30.3 Å². The molecule has 1 amide bonds. The van der Waals surface area contributed by atoms with Crippen molar-refractivity contribution >= 4 is 23.2 Å². The maximum Gasteiger partial charge on any atom is 0.257 e. The van der Waals surface area contributed by atoms with Crippen molar-refractivity contribution in [1.29, 1.82) is 0 Å². The number of piperidine rings is 1. The van der Waals surface area contributed by atoms with Crippen LogP contribution in [0.3, 0.4) is 0 Å². The quantitative estimate of drug-likeness (QED) is 0.695. The van der Waals surface area contributed by atoms with Gasteiger partial charge in [0.15, 0.2) is 0 Å². The maximum atomic E-state index is 13.3. The van der Waals surface area contributed by atoms with Crippen LogP contribution in [0.1, 0.15) is 55.3 Å². The zero-order chi connectivity index (χ0) is 20.4. The minimum atomic E-state index is -0.0876. The van der Waals surface area contributed by atoms with Gasteiger partial charge in [-0.3, -0.25) is 9.69 Å². The van der Waals surface area contributed by atoms with Crippen molar-refractivity contribution in [2.75, 3.05) is 13.1 Å². The lowest BCUT2D eigenvalue weighted by atomic mass is 9.97. The van der Waals surface area contributed by atoms with Crippen LogP contribution in [0.25, 0.3) is 0 Å². The van der Waals surface area contributed by atoms with Gasteiger partial charge in [-0.15, -0.1) is 0 Å². The number of carbonyl (C=O) groups is 1. The van der Waals surface area contributed by atoms with E-state index in [1.54, 1.807) is 5.01 Å². The minimum Gasteiger partial charge on any atom is -0.292 e. The summed E-state index contributed by atoms with van der Waals surface area (Å²) in [4.78, 5) is 15.6. The van der Waals surface area contributed by atoms with Gasteiger partial charge in [0.2, 0.25) is 0 Å². The van der Waals surface area contributed by atoms with Gasteiger partial charge in [0, 0.05) is 17.5 Å². The zero-order valence-corrected chi connectivity index (χ0v) is 17.9. The number of likely N-dealkylation sites (tertiary alicyclic amines) is 1. The molecule has 29 heavy (non-hydrogen) atoms. The Morgan fingerprint density at radius 1 is 1.17 bits per heavy atom. The molecular formula is C24H28ClN3O. The van der Waals surface area contributed by atoms with Crippen LogP contribution in [0.5, 0.6) is 0 Å². The molecule has 0 bridgehead atoms. The average molecular weight is 410 g/mol. The summed E-state index contributed by atoms with van der Waals surface area (Å²) in [5.74, 6) is 0.0707. The molecule has 1 fully saturated rings. The second-order valence-electron chi connectivity index (χ2n) is 8.24. The van der Waals surface area contributed by atoms with Gasteiger partial charge in [-0.1, -0.05) is 60.0 Å². The van der Waals surface area contributed by atoms with Crippen molar-refractivity contribution in [3.05, 3.63) is 70.2 Å². The third-order valence-corrected chi connectivity index (χ3v) is 6.30. The normalized spacial score (nSPS) is 22.6. The molecule has 0 aliphatic carbocycles. The highest BCUT2D eigenvalue weighted by molar-refractivity contribution is 6.30. The molecule has 2 heterocycles. The number of benzene rings is 2. The van der Waals surface area contributed by atoms with Gasteiger partial charge in [-0.2, -0.15) is 5.10 Å². The van der Waals surface area contributed by atoms with Gasteiger partial charge in [0.25, 0.3) is 5.91 Å². The summed E-state index contributed by atoms with van der Waals surface area (Å²) < 4.78 is 0. The SMILES string of the molecule is Cc1cccc(C2=NN(C(=O)CN3CCCC[C@@H]3C)[C@H](c3ccc(Cl)cc3)C2)c1. The fraction of sp³-hybridized carbons (Fsp3) is 0.417. The molecule has 2 atom stereocenters. The molecule has 2 aromatic carbocycles. The molecule has 0 radical (unpaired) electrons. The van der Waals surface area contributed by atoms with E-state index in [2.05, 4.69) is 36.9 Å². The Morgan fingerprint density at radius 3 is 2.69 bits per heavy atom. The van der Waals surface area contributed by atoms with E-state index in [4.69, 9.17) is 16.7 Å². The zero-order valence-electron chi connectivity index (χ0n) is 17.1. The smallest absolute Gasteiger partial charge is 0.257 e. The van der Waals surface area contributed by atoms with Gasteiger partial charge in [-0.05, 0) is 56.5 Å². The van der Waals surface area contributed by atoms with Crippen LogP contribution in [0, 0.1) is 6.92 Å². The lowest BCUT2D eigenvalue weighted by molar-refractivity contribution is -0.135. The number of nitrogens with zero attached hydrogens (tertiary/aromatic N) is 3. The van der Waals surface area contributed by atoms with Crippen LogP contribution in [0.4, 0.5) is 0 Å². The van der Waals surface area contributed by atoms with Crippen molar-refractivity contribution in [1.82, 2.24) is 9.91 Å². The van der Waals surface area contributed by atoms with Crippen molar-refractivity contribution in [2.24, 2.45) is 5.10 Å². The molecule has 4 nitrogen and oxygen atoms in total. The van der Waals surface area contributed by atoms with E-state index >= 15 is 0 Å². The van der Waals surface area contributed by atoms with Gasteiger partial charge in [-0.25, -0.2) is 5.01 Å². The summed E-state index contributed by atoms with van der Waals surface area (Å²) in [6.45, 7) is 5.71. The number of hydrazone groups is 1.